The number of benzene rings is 2. The summed E-state index contributed by atoms with van der Waals surface area (Å²) in [5.41, 5.74) is 0.969. The first kappa shape index (κ1) is 18.9. The Kier molecular flexibility index (Phi) is 3.91. The summed E-state index contributed by atoms with van der Waals surface area (Å²) in [4.78, 5) is 54.6. The van der Waals surface area contributed by atoms with Crippen LogP contribution >= 0.6 is 0 Å². The van der Waals surface area contributed by atoms with E-state index in [2.05, 4.69) is 4.99 Å². The number of nitro benzene ring substituents is 1. The molecule has 0 fully saturated rings. The lowest BCUT2D eigenvalue weighted by atomic mass is 9.76. The smallest absolute Gasteiger partial charge is 0.293 e. The third-order valence-electron chi connectivity index (χ3n) is 6.02. The molecule has 0 bridgehead atoms. The Morgan fingerprint density at radius 3 is 2.35 bits per heavy atom. The molecule has 5 rings (SSSR count). The van der Waals surface area contributed by atoms with Crippen LogP contribution < -0.4 is 11.2 Å². The number of aliphatic imine (C=N–C) groups is 1. The van der Waals surface area contributed by atoms with Crippen molar-refractivity contribution in [3.63, 3.8) is 0 Å². The summed E-state index contributed by atoms with van der Waals surface area (Å²) in [7, 11) is 2.87. The molecule has 2 atom stereocenters. The van der Waals surface area contributed by atoms with Crippen LogP contribution in [0.3, 0.4) is 0 Å². The van der Waals surface area contributed by atoms with Gasteiger partial charge in [-0.2, -0.15) is 0 Å². The van der Waals surface area contributed by atoms with E-state index in [-0.39, 0.29) is 22.9 Å². The Morgan fingerprint density at radius 2 is 1.65 bits per heavy atom. The zero-order chi connectivity index (χ0) is 22.0. The Bertz CT molecular complexity index is 1460. The molecule has 9 nitrogen and oxygen atoms in total. The van der Waals surface area contributed by atoms with Gasteiger partial charge >= 0.3 is 5.69 Å². The molecule has 1 aliphatic carbocycles. The Hall–Kier alpha value is -4.14. The van der Waals surface area contributed by atoms with Gasteiger partial charge in [0.25, 0.3) is 11.2 Å². The predicted molar refractivity (Wildman–Crippen MR) is 112 cm³/mol. The van der Waals surface area contributed by atoms with Gasteiger partial charge in [0, 0.05) is 43.3 Å². The average Bonchev–Trinajstić information content (AvgIpc) is 3.07. The Balaban J connectivity index is 1.89. The van der Waals surface area contributed by atoms with Crippen molar-refractivity contribution in [1.82, 2.24) is 9.13 Å². The van der Waals surface area contributed by atoms with Gasteiger partial charge in [-0.3, -0.25) is 28.8 Å². The fourth-order valence-electron chi connectivity index (χ4n) is 4.56. The third kappa shape index (κ3) is 2.49. The number of hydrogen-bond donors (Lipinski definition) is 0. The molecule has 154 valence electrons. The van der Waals surface area contributed by atoms with Crippen LogP contribution in [0.25, 0.3) is 0 Å². The summed E-state index contributed by atoms with van der Waals surface area (Å²) < 4.78 is 2.24. The summed E-state index contributed by atoms with van der Waals surface area (Å²) in [5.74, 6) is -1.65. The minimum atomic E-state index is -0.812. The number of carbonyl (C=O) groups excluding carboxylic acids is 1. The molecule has 0 unspecified atom stereocenters. The van der Waals surface area contributed by atoms with Gasteiger partial charge in [-0.05, 0) is 5.56 Å². The first-order valence-corrected chi connectivity index (χ1v) is 9.57. The highest BCUT2D eigenvalue weighted by atomic mass is 16.6. The number of non-ortho nitro benzene ring substituents is 1. The van der Waals surface area contributed by atoms with Gasteiger partial charge < -0.3 is 0 Å². The third-order valence-corrected chi connectivity index (χ3v) is 6.02. The van der Waals surface area contributed by atoms with Crippen LogP contribution in [0.4, 0.5) is 11.5 Å². The molecule has 0 saturated heterocycles. The molecule has 1 aromatic heterocycles. The van der Waals surface area contributed by atoms with Crippen molar-refractivity contribution in [1.29, 1.82) is 0 Å². The molecule has 0 amide bonds. The van der Waals surface area contributed by atoms with Crippen LogP contribution in [-0.4, -0.2) is 25.6 Å². The highest BCUT2D eigenvalue weighted by Gasteiger charge is 2.47. The van der Waals surface area contributed by atoms with E-state index in [0.717, 1.165) is 4.57 Å². The lowest BCUT2D eigenvalue weighted by Crippen LogP contribution is -2.43. The number of hydrogen-bond acceptors (Lipinski definition) is 6. The van der Waals surface area contributed by atoms with E-state index in [1.54, 1.807) is 30.3 Å². The second-order valence-corrected chi connectivity index (χ2v) is 7.66. The summed E-state index contributed by atoms with van der Waals surface area (Å²) >= 11 is 0. The van der Waals surface area contributed by atoms with Crippen molar-refractivity contribution in [2.24, 2.45) is 25.0 Å². The number of Topliss-reactive ketones (excluding diaryl/α,β-unsaturated/α-hetero) is 1. The van der Waals surface area contributed by atoms with Crippen LogP contribution in [0.1, 0.15) is 33.0 Å². The van der Waals surface area contributed by atoms with Crippen molar-refractivity contribution in [2.75, 3.05) is 0 Å². The molecule has 1 aliphatic heterocycles. The highest BCUT2D eigenvalue weighted by molar-refractivity contribution is 6.30. The number of carbonyl (C=O) groups is 1. The second-order valence-electron chi connectivity index (χ2n) is 7.66. The van der Waals surface area contributed by atoms with Crippen LogP contribution in [0.15, 0.2) is 63.1 Å². The molecular weight excluding hydrogens is 400 g/mol. The molecule has 3 aromatic rings. The van der Waals surface area contributed by atoms with Crippen LogP contribution in [0.2, 0.25) is 0 Å². The predicted octanol–water partition coefficient (Wildman–Crippen LogP) is 2.07. The number of aromatic nitrogens is 2. The zero-order valence-corrected chi connectivity index (χ0v) is 16.6. The Labute approximate surface area is 175 Å². The lowest BCUT2D eigenvalue weighted by molar-refractivity contribution is -0.384. The SMILES string of the molecule is Cn1c2c(c(=O)n(C)c1=O)[C@@H](c1cccc([N+](=O)[O-])c1)[C@@H]1C(=O)c3ccccc3C1=N2. The van der Waals surface area contributed by atoms with E-state index in [1.807, 2.05) is 0 Å². The fourth-order valence-corrected chi connectivity index (χ4v) is 4.56. The Morgan fingerprint density at radius 1 is 0.935 bits per heavy atom. The molecule has 0 radical (unpaired) electrons. The number of nitro groups is 1. The maximum Gasteiger partial charge on any atom is 0.332 e. The minimum Gasteiger partial charge on any atom is -0.293 e. The van der Waals surface area contributed by atoms with E-state index in [4.69, 9.17) is 0 Å². The first-order chi connectivity index (χ1) is 14.8. The van der Waals surface area contributed by atoms with E-state index in [0.29, 0.717) is 22.4 Å². The van der Waals surface area contributed by atoms with Crippen molar-refractivity contribution < 1.29 is 9.72 Å². The largest absolute Gasteiger partial charge is 0.332 e. The van der Waals surface area contributed by atoms with Gasteiger partial charge in [-0.15, -0.1) is 0 Å². The quantitative estimate of drug-likeness (QED) is 0.468. The highest BCUT2D eigenvalue weighted by Crippen LogP contribution is 2.46. The summed E-state index contributed by atoms with van der Waals surface area (Å²) in [6, 6.07) is 12.9. The second kappa shape index (κ2) is 6.43. The molecule has 0 saturated carbocycles. The molecule has 2 aliphatic rings. The normalized spacial score (nSPS) is 18.8. The van der Waals surface area contributed by atoms with Crippen molar-refractivity contribution in [2.45, 2.75) is 5.92 Å². The summed E-state index contributed by atoms with van der Waals surface area (Å²) in [6.45, 7) is 0. The monoisotopic (exact) mass is 416 g/mol. The van der Waals surface area contributed by atoms with Crippen LogP contribution in [-0.2, 0) is 14.1 Å². The minimum absolute atomic E-state index is 0.146. The van der Waals surface area contributed by atoms with E-state index >= 15 is 0 Å². The van der Waals surface area contributed by atoms with Crippen LogP contribution in [0.5, 0.6) is 0 Å². The van der Waals surface area contributed by atoms with Gasteiger partial charge in [-0.25, -0.2) is 9.79 Å². The van der Waals surface area contributed by atoms with Gasteiger partial charge in [0.15, 0.2) is 5.78 Å². The van der Waals surface area contributed by atoms with Gasteiger partial charge in [0.05, 0.1) is 22.1 Å². The molecule has 0 N–H and O–H groups in total. The standard InChI is InChI=1S/C22H16N4O5/c1-24-20-17(21(28)25(2)22(24)29)15(11-6-5-7-12(10-11)26(30)31)16-18(23-20)13-8-3-4-9-14(13)19(16)27/h3-10,15-16H,1-2H3/t15-,16-/m0/s1. The van der Waals surface area contributed by atoms with Gasteiger partial charge in [0.2, 0.25) is 0 Å². The van der Waals surface area contributed by atoms with E-state index in [9.17, 15) is 24.5 Å². The molecule has 2 aromatic carbocycles. The van der Waals surface area contributed by atoms with Gasteiger partial charge in [0.1, 0.15) is 5.82 Å². The van der Waals surface area contributed by atoms with Crippen molar-refractivity contribution in [3.05, 3.63) is 102 Å². The fraction of sp³-hybridized carbons (Fsp3) is 0.182. The number of rotatable bonds is 2. The van der Waals surface area contributed by atoms with Crippen LogP contribution in [0, 0.1) is 16.0 Å². The number of ketones is 1. The zero-order valence-electron chi connectivity index (χ0n) is 16.6. The summed E-state index contributed by atoms with van der Waals surface area (Å²) in [6.07, 6.45) is 0. The van der Waals surface area contributed by atoms with Crippen molar-refractivity contribution >= 4 is 23.0 Å². The molecule has 31 heavy (non-hydrogen) atoms. The lowest BCUT2D eigenvalue weighted by Gasteiger charge is -2.29. The first-order valence-electron chi connectivity index (χ1n) is 9.57. The maximum absolute atomic E-state index is 13.4. The molecular formula is C22H16N4O5. The number of nitrogens with zero attached hydrogens (tertiary/aromatic N) is 4. The van der Waals surface area contributed by atoms with E-state index in [1.165, 1.54) is 36.9 Å². The summed E-state index contributed by atoms with van der Waals surface area (Å²) in [5, 5.41) is 11.4. The van der Waals surface area contributed by atoms with E-state index < -0.39 is 28.0 Å². The molecule has 9 heteroatoms. The van der Waals surface area contributed by atoms with Crippen molar-refractivity contribution in [3.8, 4) is 0 Å². The topological polar surface area (TPSA) is 117 Å². The molecule has 2 heterocycles. The van der Waals surface area contributed by atoms with Gasteiger partial charge in [-0.1, -0.05) is 36.4 Å². The number of fused-ring (bicyclic) bond motifs is 4. The average molecular weight is 416 g/mol. The molecule has 0 spiro atoms. The maximum atomic E-state index is 13.4.